The Morgan fingerprint density at radius 3 is 2.87 bits per heavy atom. The molecule has 0 fully saturated rings. The van der Waals surface area contributed by atoms with Crippen molar-refractivity contribution in [3.8, 4) is 33.5 Å². The van der Waals surface area contributed by atoms with Gasteiger partial charge in [-0.25, -0.2) is 9.97 Å². The average Bonchev–Trinajstić information content (AvgIpc) is 3.52. The van der Waals surface area contributed by atoms with Crippen molar-refractivity contribution in [2.75, 3.05) is 6.79 Å². The number of nitrogens with one attached hydrogen (secondary N) is 1. The number of benzene rings is 2. The summed E-state index contributed by atoms with van der Waals surface area (Å²) in [4.78, 5) is 21.4. The Hall–Kier alpha value is -3.65. The molecule has 1 aliphatic rings. The van der Waals surface area contributed by atoms with Gasteiger partial charge in [0.2, 0.25) is 12.7 Å². The molecule has 0 radical (unpaired) electrons. The second-order valence-corrected chi connectivity index (χ2v) is 7.66. The van der Waals surface area contributed by atoms with Gasteiger partial charge in [-0.2, -0.15) is 0 Å². The van der Waals surface area contributed by atoms with Crippen molar-refractivity contribution >= 4 is 17.2 Å². The lowest BCUT2D eigenvalue weighted by Crippen LogP contribution is -2.26. The molecule has 0 atom stereocenters. The van der Waals surface area contributed by atoms with Crippen LogP contribution in [0.3, 0.4) is 0 Å². The van der Waals surface area contributed by atoms with Gasteiger partial charge in [-0.3, -0.25) is 4.79 Å². The number of fused-ring (bicyclic) bond motifs is 1. The molecule has 5 rings (SSSR count). The predicted molar refractivity (Wildman–Crippen MR) is 113 cm³/mol. The number of aromatic nitrogens is 3. The van der Waals surface area contributed by atoms with Crippen LogP contribution >= 0.6 is 11.3 Å². The van der Waals surface area contributed by atoms with Gasteiger partial charge >= 0.3 is 0 Å². The third-order valence-electron chi connectivity index (χ3n) is 4.68. The van der Waals surface area contributed by atoms with E-state index in [0.717, 1.165) is 33.3 Å². The zero-order valence-corrected chi connectivity index (χ0v) is 16.8. The predicted octanol–water partition coefficient (Wildman–Crippen LogP) is 3.72. The quantitative estimate of drug-likeness (QED) is 0.516. The van der Waals surface area contributed by atoms with Crippen LogP contribution in [0.15, 0.2) is 66.4 Å². The third kappa shape index (κ3) is 3.90. The number of carbonyl (C=O) groups is 1. The van der Waals surface area contributed by atoms with Crippen molar-refractivity contribution in [3.63, 3.8) is 0 Å². The summed E-state index contributed by atoms with van der Waals surface area (Å²) in [5.41, 5.74) is 3.70. The van der Waals surface area contributed by atoms with E-state index < -0.39 is 0 Å². The fourth-order valence-corrected chi connectivity index (χ4v) is 3.95. The van der Waals surface area contributed by atoms with Crippen LogP contribution in [0, 0.1) is 0 Å². The molecule has 4 aromatic rings. The maximum absolute atomic E-state index is 12.3. The number of ether oxygens (including phenoxy) is 2. The van der Waals surface area contributed by atoms with Gasteiger partial charge in [0, 0.05) is 23.7 Å². The third-order valence-corrected chi connectivity index (χ3v) is 5.54. The van der Waals surface area contributed by atoms with Gasteiger partial charge in [0.25, 0.3) is 0 Å². The Labute approximate surface area is 176 Å². The van der Waals surface area contributed by atoms with E-state index in [1.54, 1.807) is 10.9 Å². The van der Waals surface area contributed by atoms with Crippen LogP contribution in [-0.4, -0.2) is 27.2 Å². The summed E-state index contributed by atoms with van der Waals surface area (Å²) >= 11 is 1.54. The fraction of sp³-hybridized carbons (Fsp3) is 0.136. The number of amides is 1. The Bertz CT molecular complexity index is 1190. The number of hydrogen-bond donors (Lipinski definition) is 1. The molecule has 1 amide bonds. The Morgan fingerprint density at radius 2 is 1.97 bits per heavy atom. The monoisotopic (exact) mass is 418 g/mol. The fourth-order valence-electron chi connectivity index (χ4n) is 3.16. The summed E-state index contributed by atoms with van der Waals surface area (Å²) in [6, 6.07) is 15.7. The molecule has 7 nitrogen and oxygen atoms in total. The number of hydrogen-bond acceptors (Lipinski definition) is 6. The zero-order chi connectivity index (χ0) is 20.3. The van der Waals surface area contributed by atoms with Crippen molar-refractivity contribution in [1.29, 1.82) is 0 Å². The molecule has 0 saturated carbocycles. The summed E-state index contributed by atoms with van der Waals surface area (Å²) in [6.07, 6.45) is 3.49. The smallest absolute Gasteiger partial charge is 0.240 e. The summed E-state index contributed by atoms with van der Waals surface area (Å²) in [6.45, 7) is 0.846. The van der Waals surface area contributed by atoms with Crippen molar-refractivity contribution in [2.45, 2.75) is 13.1 Å². The van der Waals surface area contributed by atoms with Crippen LogP contribution in [0.2, 0.25) is 0 Å². The minimum absolute atomic E-state index is 0.0965. The van der Waals surface area contributed by atoms with Crippen molar-refractivity contribution in [3.05, 3.63) is 72.0 Å². The first-order chi connectivity index (χ1) is 14.7. The van der Waals surface area contributed by atoms with Gasteiger partial charge in [0.05, 0.1) is 12.0 Å². The molecule has 0 spiro atoms. The summed E-state index contributed by atoms with van der Waals surface area (Å²) in [5.74, 6) is 1.34. The van der Waals surface area contributed by atoms with Gasteiger partial charge in [-0.15, -0.1) is 11.3 Å². The van der Waals surface area contributed by atoms with E-state index in [-0.39, 0.29) is 19.2 Å². The van der Waals surface area contributed by atoms with E-state index in [1.807, 2.05) is 60.1 Å². The van der Waals surface area contributed by atoms with E-state index in [4.69, 9.17) is 9.47 Å². The van der Waals surface area contributed by atoms with E-state index in [2.05, 4.69) is 15.3 Å². The highest BCUT2D eigenvalue weighted by Crippen LogP contribution is 2.32. The van der Waals surface area contributed by atoms with Gasteiger partial charge in [-0.05, 0) is 17.7 Å². The second kappa shape index (κ2) is 8.00. The molecule has 0 saturated heterocycles. The standard InChI is InChI=1S/C22H18N4O3S/c27-21(23-9-15-6-7-19-20(8-15)29-14-28-19)11-26-10-17(24-13-26)22-25-18(12-30-22)16-4-2-1-3-5-16/h1-8,10,12-13H,9,11,14H2,(H,23,27). The highest BCUT2D eigenvalue weighted by atomic mass is 32.1. The van der Waals surface area contributed by atoms with Crippen LogP contribution in [0.1, 0.15) is 5.56 Å². The first-order valence-electron chi connectivity index (χ1n) is 9.43. The first-order valence-corrected chi connectivity index (χ1v) is 10.3. The Kier molecular flexibility index (Phi) is 4.90. The normalized spacial score (nSPS) is 12.1. The van der Waals surface area contributed by atoms with E-state index in [0.29, 0.717) is 12.3 Å². The number of rotatable bonds is 6. The first kappa shape index (κ1) is 18.4. The average molecular weight is 418 g/mol. The molecule has 2 aromatic heterocycles. The minimum Gasteiger partial charge on any atom is -0.454 e. The van der Waals surface area contributed by atoms with Gasteiger partial charge in [0.15, 0.2) is 11.5 Å². The lowest BCUT2D eigenvalue weighted by molar-refractivity contribution is -0.121. The van der Waals surface area contributed by atoms with Crippen LogP contribution in [0.25, 0.3) is 22.0 Å². The Morgan fingerprint density at radius 1 is 1.10 bits per heavy atom. The molecule has 1 aliphatic heterocycles. The molecule has 30 heavy (non-hydrogen) atoms. The number of carbonyl (C=O) groups excluding carboxylic acids is 1. The Balaban J connectivity index is 1.20. The number of nitrogens with zero attached hydrogens (tertiary/aromatic N) is 3. The number of thiazole rings is 1. The highest BCUT2D eigenvalue weighted by molar-refractivity contribution is 7.13. The van der Waals surface area contributed by atoms with Crippen molar-refractivity contribution in [1.82, 2.24) is 19.9 Å². The summed E-state index contributed by atoms with van der Waals surface area (Å²) in [7, 11) is 0. The summed E-state index contributed by atoms with van der Waals surface area (Å²) < 4.78 is 12.4. The minimum atomic E-state index is -0.0965. The molecular formula is C22H18N4O3S. The van der Waals surface area contributed by atoms with Gasteiger partial charge < -0.3 is 19.4 Å². The second-order valence-electron chi connectivity index (χ2n) is 6.80. The lowest BCUT2D eigenvalue weighted by atomic mass is 10.2. The zero-order valence-electron chi connectivity index (χ0n) is 15.9. The van der Waals surface area contributed by atoms with Crippen molar-refractivity contribution in [2.24, 2.45) is 0 Å². The molecule has 1 N–H and O–H groups in total. The molecule has 8 heteroatoms. The van der Waals surface area contributed by atoms with Crippen LogP contribution in [0.5, 0.6) is 11.5 Å². The number of imidazole rings is 1. The molecule has 0 aliphatic carbocycles. The van der Waals surface area contributed by atoms with Crippen molar-refractivity contribution < 1.29 is 14.3 Å². The topological polar surface area (TPSA) is 78.3 Å². The molecule has 2 aromatic carbocycles. The maximum atomic E-state index is 12.3. The maximum Gasteiger partial charge on any atom is 0.240 e. The summed E-state index contributed by atoms with van der Waals surface area (Å²) in [5, 5.41) is 5.76. The van der Waals surface area contributed by atoms with Crippen LogP contribution in [-0.2, 0) is 17.9 Å². The molecule has 3 heterocycles. The SMILES string of the molecule is O=C(Cn1cnc(-c2nc(-c3ccccc3)cs2)c1)NCc1ccc2c(c1)OCO2. The van der Waals surface area contributed by atoms with Gasteiger partial charge in [-0.1, -0.05) is 36.4 Å². The van der Waals surface area contributed by atoms with E-state index in [9.17, 15) is 4.79 Å². The molecule has 150 valence electrons. The van der Waals surface area contributed by atoms with Crippen LogP contribution < -0.4 is 14.8 Å². The molecule has 0 unspecified atom stereocenters. The largest absolute Gasteiger partial charge is 0.454 e. The molecular weight excluding hydrogens is 400 g/mol. The van der Waals surface area contributed by atoms with Gasteiger partial charge in [0.1, 0.15) is 17.2 Å². The lowest BCUT2D eigenvalue weighted by Gasteiger charge is -2.06. The van der Waals surface area contributed by atoms with Crippen LogP contribution in [0.4, 0.5) is 0 Å². The highest BCUT2D eigenvalue weighted by Gasteiger charge is 2.14. The van der Waals surface area contributed by atoms with E-state index >= 15 is 0 Å². The van der Waals surface area contributed by atoms with E-state index in [1.165, 1.54) is 11.3 Å². The molecule has 0 bridgehead atoms.